The summed E-state index contributed by atoms with van der Waals surface area (Å²) in [5.41, 5.74) is 1.09. The summed E-state index contributed by atoms with van der Waals surface area (Å²) in [7, 11) is 0. The molecule has 1 aromatic carbocycles. The number of hydrogen-bond acceptors (Lipinski definition) is 2. The highest BCUT2D eigenvalue weighted by atomic mass is 35.5. The summed E-state index contributed by atoms with van der Waals surface area (Å²) >= 11 is 5.86. The minimum atomic E-state index is -0.179. The van der Waals surface area contributed by atoms with E-state index < -0.39 is 0 Å². The standard InChI is InChI=1S/C13H17ClO2/c14-11-8-9(5-6-13(11)16)7-10-3-1-2-4-12(10)15/h5-6,8,10,12,15-16H,1-4,7H2. The number of aliphatic hydroxyl groups excluding tert-OH is 1. The highest BCUT2D eigenvalue weighted by Crippen LogP contribution is 2.30. The number of hydrogen-bond donors (Lipinski definition) is 2. The van der Waals surface area contributed by atoms with Gasteiger partial charge in [0.25, 0.3) is 0 Å². The monoisotopic (exact) mass is 240 g/mol. The van der Waals surface area contributed by atoms with Gasteiger partial charge in [0.2, 0.25) is 0 Å². The molecule has 2 nitrogen and oxygen atoms in total. The first-order valence-electron chi connectivity index (χ1n) is 5.82. The second-order valence-corrected chi connectivity index (χ2v) is 5.01. The minimum absolute atomic E-state index is 0.120. The topological polar surface area (TPSA) is 40.5 Å². The summed E-state index contributed by atoms with van der Waals surface area (Å²) < 4.78 is 0. The van der Waals surface area contributed by atoms with Crippen molar-refractivity contribution >= 4 is 11.6 Å². The zero-order chi connectivity index (χ0) is 11.5. The zero-order valence-electron chi connectivity index (χ0n) is 9.19. The van der Waals surface area contributed by atoms with Gasteiger partial charge in [-0.3, -0.25) is 0 Å². The maximum absolute atomic E-state index is 9.87. The Bertz CT molecular complexity index is 365. The molecule has 0 heterocycles. The second kappa shape index (κ2) is 5.07. The zero-order valence-corrected chi connectivity index (χ0v) is 9.95. The van der Waals surface area contributed by atoms with Crippen LogP contribution in [0, 0.1) is 5.92 Å². The van der Waals surface area contributed by atoms with E-state index in [1.54, 1.807) is 12.1 Å². The van der Waals surface area contributed by atoms with E-state index in [2.05, 4.69) is 0 Å². The van der Waals surface area contributed by atoms with Gasteiger partial charge in [-0.1, -0.05) is 30.5 Å². The maximum atomic E-state index is 9.87. The number of phenolic OH excluding ortho intramolecular Hbond substituents is 1. The van der Waals surface area contributed by atoms with Crippen LogP contribution in [0.4, 0.5) is 0 Å². The Morgan fingerprint density at radius 1 is 1.25 bits per heavy atom. The molecule has 1 aliphatic rings. The molecule has 2 atom stereocenters. The van der Waals surface area contributed by atoms with Crippen LogP contribution in [0.3, 0.4) is 0 Å². The highest BCUT2D eigenvalue weighted by molar-refractivity contribution is 6.32. The van der Waals surface area contributed by atoms with E-state index in [1.807, 2.05) is 6.07 Å². The Morgan fingerprint density at radius 3 is 2.69 bits per heavy atom. The van der Waals surface area contributed by atoms with E-state index in [1.165, 1.54) is 6.42 Å². The van der Waals surface area contributed by atoms with Crippen molar-refractivity contribution < 1.29 is 10.2 Å². The van der Waals surface area contributed by atoms with Crippen molar-refractivity contribution in [2.45, 2.75) is 38.2 Å². The number of halogens is 1. The summed E-state index contributed by atoms with van der Waals surface area (Å²) in [6.45, 7) is 0. The lowest BCUT2D eigenvalue weighted by molar-refractivity contribution is 0.0700. The van der Waals surface area contributed by atoms with E-state index in [-0.39, 0.29) is 11.9 Å². The van der Waals surface area contributed by atoms with Crippen molar-refractivity contribution in [3.8, 4) is 5.75 Å². The van der Waals surface area contributed by atoms with E-state index in [9.17, 15) is 10.2 Å². The molecule has 0 amide bonds. The quantitative estimate of drug-likeness (QED) is 0.834. The molecule has 2 unspecified atom stereocenters. The number of aromatic hydroxyl groups is 1. The molecule has 0 spiro atoms. The first-order valence-corrected chi connectivity index (χ1v) is 6.20. The summed E-state index contributed by atoms with van der Waals surface area (Å²) in [5.74, 6) is 0.462. The number of phenols is 1. The van der Waals surface area contributed by atoms with E-state index >= 15 is 0 Å². The molecule has 3 heteroatoms. The van der Waals surface area contributed by atoms with Crippen LogP contribution in [0.25, 0.3) is 0 Å². The second-order valence-electron chi connectivity index (χ2n) is 4.60. The molecule has 2 N–H and O–H groups in total. The molecule has 2 rings (SSSR count). The Hall–Kier alpha value is -0.730. The van der Waals surface area contributed by atoms with Crippen LogP contribution in [-0.2, 0) is 6.42 Å². The van der Waals surface area contributed by atoms with Crippen molar-refractivity contribution in [2.24, 2.45) is 5.92 Å². The Kier molecular flexibility index (Phi) is 3.72. The summed E-state index contributed by atoms with van der Waals surface area (Å²) in [4.78, 5) is 0. The fourth-order valence-electron chi connectivity index (χ4n) is 2.41. The van der Waals surface area contributed by atoms with E-state index in [0.717, 1.165) is 31.2 Å². The third-order valence-electron chi connectivity index (χ3n) is 3.38. The van der Waals surface area contributed by atoms with Crippen molar-refractivity contribution in [2.75, 3.05) is 0 Å². The SMILES string of the molecule is Oc1ccc(CC2CCCCC2O)cc1Cl. The van der Waals surface area contributed by atoms with E-state index in [0.29, 0.717) is 10.9 Å². The Balaban J connectivity index is 2.05. The van der Waals surface area contributed by atoms with Gasteiger partial charge in [0, 0.05) is 0 Å². The van der Waals surface area contributed by atoms with Gasteiger partial charge in [-0.05, 0) is 42.9 Å². The van der Waals surface area contributed by atoms with Crippen molar-refractivity contribution in [1.82, 2.24) is 0 Å². The fraction of sp³-hybridized carbons (Fsp3) is 0.538. The van der Waals surface area contributed by atoms with Crippen molar-refractivity contribution in [1.29, 1.82) is 0 Å². The highest BCUT2D eigenvalue weighted by Gasteiger charge is 2.23. The molecule has 0 bridgehead atoms. The minimum Gasteiger partial charge on any atom is -0.506 e. The van der Waals surface area contributed by atoms with Gasteiger partial charge in [-0.2, -0.15) is 0 Å². The molecule has 1 saturated carbocycles. The molecule has 0 radical (unpaired) electrons. The largest absolute Gasteiger partial charge is 0.506 e. The van der Waals surface area contributed by atoms with Gasteiger partial charge in [0.15, 0.2) is 0 Å². The molecule has 0 aromatic heterocycles. The molecule has 1 fully saturated rings. The molecule has 0 saturated heterocycles. The van der Waals surface area contributed by atoms with E-state index in [4.69, 9.17) is 11.6 Å². The van der Waals surface area contributed by atoms with Crippen LogP contribution in [-0.4, -0.2) is 16.3 Å². The lowest BCUT2D eigenvalue weighted by Crippen LogP contribution is -2.26. The lowest BCUT2D eigenvalue weighted by Gasteiger charge is -2.27. The van der Waals surface area contributed by atoms with Gasteiger partial charge in [-0.25, -0.2) is 0 Å². The van der Waals surface area contributed by atoms with Crippen molar-refractivity contribution in [3.05, 3.63) is 28.8 Å². The summed E-state index contributed by atoms with van der Waals surface area (Å²) in [6.07, 6.45) is 5.00. The van der Waals surface area contributed by atoms with Crippen LogP contribution in [0.5, 0.6) is 5.75 Å². The lowest BCUT2D eigenvalue weighted by atomic mass is 9.82. The molecule has 88 valence electrons. The average Bonchev–Trinajstić information content (AvgIpc) is 2.27. The first kappa shape index (κ1) is 11.7. The molecule has 0 aliphatic heterocycles. The summed E-state index contributed by atoms with van der Waals surface area (Å²) in [6, 6.07) is 5.29. The average molecular weight is 241 g/mol. The first-order chi connectivity index (χ1) is 7.66. The smallest absolute Gasteiger partial charge is 0.134 e. The van der Waals surface area contributed by atoms with Gasteiger partial charge in [0.1, 0.15) is 5.75 Å². The van der Waals surface area contributed by atoms with Crippen LogP contribution in [0.15, 0.2) is 18.2 Å². The van der Waals surface area contributed by atoms with Crippen LogP contribution >= 0.6 is 11.6 Å². The number of benzene rings is 1. The van der Waals surface area contributed by atoms with Gasteiger partial charge in [-0.15, -0.1) is 0 Å². The van der Waals surface area contributed by atoms with Crippen LogP contribution in [0.2, 0.25) is 5.02 Å². The number of rotatable bonds is 2. The van der Waals surface area contributed by atoms with Gasteiger partial charge >= 0.3 is 0 Å². The molecule has 1 aromatic rings. The number of aliphatic hydroxyl groups is 1. The third kappa shape index (κ3) is 2.69. The van der Waals surface area contributed by atoms with Gasteiger partial charge in [0.05, 0.1) is 11.1 Å². The molecule has 16 heavy (non-hydrogen) atoms. The van der Waals surface area contributed by atoms with Crippen LogP contribution in [0.1, 0.15) is 31.2 Å². The molecule has 1 aliphatic carbocycles. The third-order valence-corrected chi connectivity index (χ3v) is 3.68. The molecular formula is C13H17ClO2. The maximum Gasteiger partial charge on any atom is 0.134 e. The predicted molar refractivity (Wildman–Crippen MR) is 64.8 cm³/mol. The Morgan fingerprint density at radius 2 is 2.00 bits per heavy atom. The normalized spacial score (nSPS) is 25.6. The van der Waals surface area contributed by atoms with Crippen molar-refractivity contribution in [3.63, 3.8) is 0 Å². The Labute approximate surface area is 101 Å². The fourth-order valence-corrected chi connectivity index (χ4v) is 2.61. The van der Waals surface area contributed by atoms with Crippen LogP contribution < -0.4 is 0 Å². The van der Waals surface area contributed by atoms with Gasteiger partial charge < -0.3 is 10.2 Å². The molecular weight excluding hydrogens is 224 g/mol. The predicted octanol–water partition coefficient (Wildman–Crippen LogP) is 3.14. The summed E-state index contributed by atoms with van der Waals surface area (Å²) in [5, 5.41) is 19.6.